The maximum atomic E-state index is 13.2. The average Bonchev–Trinajstić information content (AvgIpc) is 3.10. The predicted octanol–water partition coefficient (Wildman–Crippen LogP) is 4.09. The van der Waals surface area contributed by atoms with Gasteiger partial charge in [-0.1, -0.05) is 55.5 Å². The van der Waals surface area contributed by atoms with Crippen LogP contribution in [0.15, 0.2) is 65.3 Å². The number of hydrogen-bond donors (Lipinski definition) is 0. The van der Waals surface area contributed by atoms with Gasteiger partial charge in [-0.2, -0.15) is 0 Å². The van der Waals surface area contributed by atoms with Crippen LogP contribution in [0.2, 0.25) is 0 Å². The number of amides is 2. The number of fused-ring (bicyclic) bond motifs is 1. The third-order valence-electron chi connectivity index (χ3n) is 5.45. The van der Waals surface area contributed by atoms with Crippen molar-refractivity contribution in [3.8, 4) is 0 Å². The zero-order valence-electron chi connectivity index (χ0n) is 16.0. The number of nitrogens with zero attached hydrogens (tertiary/aromatic N) is 2. The van der Waals surface area contributed by atoms with Crippen LogP contribution in [0.25, 0.3) is 11.0 Å². The van der Waals surface area contributed by atoms with E-state index in [1.807, 2.05) is 59.5 Å². The second kappa shape index (κ2) is 7.89. The van der Waals surface area contributed by atoms with Crippen LogP contribution < -0.4 is 0 Å². The normalized spacial score (nSPS) is 17.8. The minimum atomic E-state index is -0.0715. The van der Waals surface area contributed by atoms with Gasteiger partial charge in [-0.15, -0.1) is 0 Å². The van der Waals surface area contributed by atoms with E-state index >= 15 is 0 Å². The molecule has 0 saturated carbocycles. The molecule has 1 unspecified atom stereocenters. The highest BCUT2D eigenvalue weighted by molar-refractivity contribution is 6.06. The fourth-order valence-corrected chi connectivity index (χ4v) is 3.87. The van der Waals surface area contributed by atoms with Gasteiger partial charge in [0.2, 0.25) is 5.91 Å². The lowest BCUT2D eigenvalue weighted by Gasteiger charge is -2.31. The van der Waals surface area contributed by atoms with Crippen LogP contribution >= 0.6 is 0 Å². The van der Waals surface area contributed by atoms with E-state index in [1.165, 1.54) is 6.26 Å². The molecule has 0 aliphatic carbocycles. The van der Waals surface area contributed by atoms with Gasteiger partial charge in [0.15, 0.2) is 0 Å². The van der Waals surface area contributed by atoms with Crippen molar-refractivity contribution in [2.24, 2.45) is 0 Å². The van der Waals surface area contributed by atoms with Crippen LogP contribution in [-0.2, 0) is 11.3 Å². The Kier molecular flexibility index (Phi) is 5.15. The first-order valence-corrected chi connectivity index (χ1v) is 9.76. The zero-order chi connectivity index (χ0) is 19.5. The van der Waals surface area contributed by atoms with Crippen molar-refractivity contribution in [2.45, 2.75) is 32.4 Å². The third-order valence-corrected chi connectivity index (χ3v) is 5.45. The summed E-state index contributed by atoms with van der Waals surface area (Å²) in [5.41, 5.74) is 2.37. The number of benzene rings is 2. The lowest BCUT2D eigenvalue weighted by molar-refractivity contribution is -0.133. The van der Waals surface area contributed by atoms with Crippen molar-refractivity contribution in [1.82, 2.24) is 9.80 Å². The smallest absolute Gasteiger partial charge is 0.257 e. The lowest BCUT2D eigenvalue weighted by Crippen LogP contribution is -2.43. The molecule has 1 aliphatic rings. The molecule has 2 amide bonds. The quantitative estimate of drug-likeness (QED) is 0.689. The van der Waals surface area contributed by atoms with Crippen LogP contribution in [0.1, 0.15) is 35.7 Å². The second-order valence-corrected chi connectivity index (χ2v) is 7.22. The molecule has 2 aromatic carbocycles. The highest BCUT2D eigenvalue weighted by Gasteiger charge is 2.32. The molecular weight excluding hydrogens is 352 g/mol. The molecule has 1 fully saturated rings. The highest BCUT2D eigenvalue weighted by Crippen LogP contribution is 2.24. The van der Waals surface area contributed by atoms with Crippen molar-refractivity contribution >= 4 is 22.8 Å². The summed E-state index contributed by atoms with van der Waals surface area (Å²) in [6, 6.07) is 17.5. The largest absolute Gasteiger partial charge is 0.463 e. The van der Waals surface area contributed by atoms with Crippen LogP contribution in [-0.4, -0.2) is 40.7 Å². The summed E-state index contributed by atoms with van der Waals surface area (Å²) in [5.74, 6) is 0.0285. The molecule has 4 rings (SSSR count). The number of hydrogen-bond acceptors (Lipinski definition) is 3. The number of furan rings is 1. The molecular formula is C23H24N2O3. The summed E-state index contributed by atoms with van der Waals surface area (Å²) in [5, 5.41) is 0.817. The first-order valence-electron chi connectivity index (χ1n) is 9.76. The Morgan fingerprint density at radius 3 is 2.64 bits per heavy atom. The van der Waals surface area contributed by atoms with E-state index in [2.05, 4.69) is 6.92 Å². The molecule has 1 saturated heterocycles. The van der Waals surface area contributed by atoms with Gasteiger partial charge >= 0.3 is 0 Å². The van der Waals surface area contributed by atoms with E-state index in [-0.39, 0.29) is 17.9 Å². The first-order chi connectivity index (χ1) is 13.7. The van der Waals surface area contributed by atoms with Crippen molar-refractivity contribution < 1.29 is 14.0 Å². The van der Waals surface area contributed by atoms with Crippen LogP contribution in [0.5, 0.6) is 0 Å². The van der Waals surface area contributed by atoms with Gasteiger partial charge in [0.25, 0.3) is 5.91 Å². The van der Waals surface area contributed by atoms with E-state index in [0.717, 1.165) is 17.4 Å². The van der Waals surface area contributed by atoms with E-state index < -0.39 is 0 Å². The number of para-hydroxylation sites is 1. The molecule has 1 aliphatic heterocycles. The third kappa shape index (κ3) is 3.52. The number of carbonyl (C=O) groups excluding carboxylic acids is 2. The molecule has 2 heterocycles. The Morgan fingerprint density at radius 1 is 1.11 bits per heavy atom. The van der Waals surface area contributed by atoms with E-state index in [0.29, 0.717) is 37.2 Å². The summed E-state index contributed by atoms with van der Waals surface area (Å²) in [4.78, 5) is 29.7. The maximum absolute atomic E-state index is 13.2. The van der Waals surface area contributed by atoms with Gasteiger partial charge in [0, 0.05) is 37.5 Å². The molecule has 28 heavy (non-hydrogen) atoms. The first kappa shape index (κ1) is 18.3. The molecule has 5 nitrogen and oxygen atoms in total. The summed E-state index contributed by atoms with van der Waals surface area (Å²) >= 11 is 0. The van der Waals surface area contributed by atoms with Gasteiger partial charge in [0.05, 0.1) is 5.56 Å². The topological polar surface area (TPSA) is 53.8 Å². The van der Waals surface area contributed by atoms with Gasteiger partial charge < -0.3 is 14.2 Å². The fraction of sp³-hybridized carbons (Fsp3) is 0.304. The van der Waals surface area contributed by atoms with E-state index in [9.17, 15) is 9.59 Å². The van der Waals surface area contributed by atoms with Crippen molar-refractivity contribution in [3.63, 3.8) is 0 Å². The molecule has 1 aromatic heterocycles. The molecule has 3 aromatic rings. The zero-order valence-corrected chi connectivity index (χ0v) is 16.0. The minimum Gasteiger partial charge on any atom is -0.463 e. The summed E-state index contributed by atoms with van der Waals surface area (Å²) < 4.78 is 5.54. The number of rotatable bonds is 4. The molecule has 0 bridgehead atoms. The van der Waals surface area contributed by atoms with Gasteiger partial charge in [-0.25, -0.2) is 0 Å². The second-order valence-electron chi connectivity index (χ2n) is 7.22. The molecule has 1 atom stereocenters. The average molecular weight is 376 g/mol. The Hall–Kier alpha value is -3.08. The molecule has 0 spiro atoms. The lowest BCUT2D eigenvalue weighted by atomic mass is 10.1. The summed E-state index contributed by atoms with van der Waals surface area (Å²) in [7, 11) is 0. The van der Waals surface area contributed by atoms with E-state index in [1.54, 1.807) is 4.90 Å². The van der Waals surface area contributed by atoms with Gasteiger partial charge in [-0.05, 0) is 18.1 Å². The fourth-order valence-electron chi connectivity index (χ4n) is 3.87. The van der Waals surface area contributed by atoms with Crippen LogP contribution in [0.3, 0.4) is 0 Å². The molecule has 5 heteroatoms. The van der Waals surface area contributed by atoms with Gasteiger partial charge in [0.1, 0.15) is 11.8 Å². The SMILES string of the molecule is CCC1CN(C(=O)c2coc3ccccc23)CCC(=O)N1Cc1ccccc1. The standard InChI is InChI=1S/C23H24N2O3/c1-2-18-15-24(23(27)20-16-28-21-11-7-6-10-19(20)21)13-12-22(26)25(18)14-17-8-4-3-5-9-17/h3-11,16,18H,2,12-15H2,1H3. The Balaban J connectivity index is 1.57. The maximum Gasteiger partial charge on any atom is 0.257 e. The minimum absolute atomic E-state index is 0.00248. The predicted molar refractivity (Wildman–Crippen MR) is 108 cm³/mol. The van der Waals surface area contributed by atoms with Crippen molar-refractivity contribution in [2.75, 3.05) is 13.1 Å². The van der Waals surface area contributed by atoms with Crippen molar-refractivity contribution in [1.29, 1.82) is 0 Å². The van der Waals surface area contributed by atoms with E-state index in [4.69, 9.17) is 4.42 Å². The summed E-state index contributed by atoms with van der Waals surface area (Å²) in [6.45, 7) is 3.61. The number of carbonyl (C=O) groups is 2. The van der Waals surface area contributed by atoms with Crippen LogP contribution in [0.4, 0.5) is 0 Å². The van der Waals surface area contributed by atoms with Crippen LogP contribution in [0, 0.1) is 0 Å². The van der Waals surface area contributed by atoms with Gasteiger partial charge in [-0.3, -0.25) is 9.59 Å². The molecule has 144 valence electrons. The highest BCUT2D eigenvalue weighted by atomic mass is 16.3. The van der Waals surface area contributed by atoms with Crippen molar-refractivity contribution in [3.05, 3.63) is 72.0 Å². The Bertz CT molecular complexity index is 980. The molecule has 0 radical (unpaired) electrons. The monoisotopic (exact) mass is 376 g/mol. The Morgan fingerprint density at radius 2 is 1.86 bits per heavy atom. The Labute approximate surface area is 164 Å². The molecule has 0 N–H and O–H groups in total. The summed E-state index contributed by atoms with van der Waals surface area (Å²) in [6.07, 6.45) is 2.67.